The van der Waals surface area contributed by atoms with E-state index >= 15 is 0 Å². The molecule has 0 radical (unpaired) electrons. The van der Waals surface area contributed by atoms with E-state index in [0.29, 0.717) is 5.69 Å². The molecule has 0 fully saturated rings. The molecule has 0 aliphatic rings. The molecule has 1 rings (SSSR count). The highest BCUT2D eigenvalue weighted by atomic mass is 16.2. The van der Waals surface area contributed by atoms with Crippen molar-refractivity contribution < 1.29 is 14.4 Å². The number of nitrogens with two attached hydrogens (primary N) is 1. The lowest BCUT2D eigenvalue weighted by atomic mass is 10.2. The van der Waals surface area contributed by atoms with Gasteiger partial charge in [0.25, 0.3) is 0 Å². The minimum Gasteiger partial charge on any atom is -0.399 e. The van der Waals surface area contributed by atoms with Crippen LogP contribution in [0, 0.1) is 0 Å². The number of anilines is 2. The van der Waals surface area contributed by atoms with Crippen molar-refractivity contribution in [3.63, 3.8) is 0 Å². The monoisotopic (exact) mass is 235 g/mol. The highest BCUT2D eigenvalue weighted by Gasteiger charge is 2.25. The molecule has 0 aromatic heterocycles. The number of hydrogen-bond acceptors (Lipinski definition) is 4. The number of carbonyl (C=O) groups is 3. The SMILES string of the molecule is CNC(=O)C(=O)N(C(C)=O)c1cccc(N)c1. The average molecular weight is 235 g/mol. The van der Waals surface area contributed by atoms with Gasteiger partial charge < -0.3 is 11.1 Å². The maximum absolute atomic E-state index is 11.7. The van der Waals surface area contributed by atoms with Crippen LogP contribution in [0.3, 0.4) is 0 Å². The summed E-state index contributed by atoms with van der Waals surface area (Å²) in [5, 5.41) is 2.17. The summed E-state index contributed by atoms with van der Waals surface area (Å²) in [6, 6.07) is 6.19. The summed E-state index contributed by atoms with van der Waals surface area (Å²) >= 11 is 0. The molecule has 90 valence electrons. The summed E-state index contributed by atoms with van der Waals surface area (Å²) in [4.78, 5) is 35.1. The van der Waals surface area contributed by atoms with Crippen LogP contribution in [-0.2, 0) is 14.4 Å². The van der Waals surface area contributed by atoms with Gasteiger partial charge in [-0.15, -0.1) is 0 Å². The standard InChI is InChI=1S/C11H13N3O3/c1-7(15)14(11(17)10(16)13-2)9-5-3-4-8(12)6-9/h3-6H,12H2,1-2H3,(H,13,16). The van der Waals surface area contributed by atoms with E-state index in [0.717, 1.165) is 4.90 Å². The van der Waals surface area contributed by atoms with E-state index in [-0.39, 0.29) is 5.69 Å². The fourth-order valence-corrected chi connectivity index (χ4v) is 1.31. The Morgan fingerprint density at radius 1 is 1.29 bits per heavy atom. The number of carbonyl (C=O) groups excluding carboxylic acids is 3. The lowest BCUT2D eigenvalue weighted by Crippen LogP contribution is -2.44. The summed E-state index contributed by atoms with van der Waals surface area (Å²) < 4.78 is 0. The molecule has 3 N–H and O–H groups in total. The number of likely N-dealkylation sites (N-methyl/N-ethyl adjacent to an activating group) is 1. The zero-order chi connectivity index (χ0) is 13.0. The number of nitrogens with one attached hydrogen (secondary N) is 1. The average Bonchev–Trinajstić information content (AvgIpc) is 2.27. The van der Waals surface area contributed by atoms with Crippen LogP contribution < -0.4 is 16.0 Å². The Balaban J connectivity index is 3.14. The first-order valence-electron chi connectivity index (χ1n) is 4.89. The fourth-order valence-electron chi connectivity index (χ4n) is 1.31. The molecule has 0 unspecified atom stereocenters. The highest BCUT2D eigenvalue weighted by molar-refractivity contribution is 6.45. The van der Waals surface area contributed by atoms with Crippen molar-refractivity contribution in [2.75, 3.05) is 17.7 Å². The third kappa shape index (κ3) is 2.81. The zero-order valence-corrected chi connectivity index (χ0v) is 9.56. The highest BCUT2D eigenvalue weighted by Crippen LogP contribution is 2.17. The van der Waals surface area contributed by atoms with Crippen molar-refractivity contribution in [3.8, 4) is 0 Å². The van der Waals surface area contributed by atoms with E-state index in [1.165, 1.54) is 26.1 Å². The Morgan fingerprint density at radius 3 is 2.41 bits per heavy atom. The van der Waals surface area contributed by atoms with E-state index in [1.54, 1.807) is 12.1 Å². The van der Waals surface area contributed by atoms with E-state index in [9.17, 15) is 14.4 Å². The van der Waals surface area contributed by atoms with Crippen LogP contribution in [0.1, 0.15) is 6.92 Å². The van der Waals surface area contributed by atoms with Gasteiger partial charge in [0.15, 0.2) is 0 Å². The summed E-state index contributed by atoms with van der Waals surface area (Å²) in [7, 11) is 1.32. The number of nitrogen functional groups attached to an aromatic ring is 1. The Bertz CT molecular complexity index is 471. The Kier molecular flexibility index (Phi) is 3.82. The Hall–Kier alpha value is -2.37. The molecule has 0 saturated carbocycles. The van der Waals surface area contributed by atoms with Gasteiger partial charge in [-0.2, -0.15) is 0 Å². The van der Waals surface area contributed by atoms with Crippen molar-refractivity contribution in [1.82, 2.24) is 5.32 Å². The molecule has 1 aromatic carbocycles. The molecule has 0 saturated heterocycles. The van der Waals surface area contributed by atoms with Gasteiger partial charge in [-0.3, -0.25) is 14.4 Å². The van der Waals surface area contributed by atoms with Crippen molar-refractivity contribution >= 4 is 29.1 Å². The molecule has 6 nitrogen and oxygen atoms in total. The summed E-state index contributed by atoms with van der Waals surface area (Å²) in [6.07, 6.45) is 0. The number of rotatable bonds is 1. The second-order valence-corrected chi connectivity index (χ2v) is 3.33. The molecule has 0 heterocycles. The Morgan fingerprint density at radius 2 is 1.94 bits per heavy atom. The van der Waals surface area contributed by atoms with E-state index in [1.807, 2.05) is 0 Å². The molecule has 0 aliphatic heterocycles. The quantitative estimate of drug-likeness (QED) is 0.525. The number of nitrogens with zero attached hydrogens (tertiary/aromatic N) is 1. The molecule has 17 heavy (non-hydrogen) atoms. The summed E-state index contributed by atoms with van der Waals surface area (Å²) in [5.41, 5.74) is 6.23. The van der Waals surface area contributed by atoms with Crippen molar-refractivity contribution in [3.05, 3.63) is 24.3 Å². The fraction of sp³-hybridized carbons (Fsp3) is 0.182. The molecule has 6 heteroatoms. The van der Waals surface area contributed by atoms with Crippen LogP contribution in [0.5, 0.6) is 0 Å². The van der Waals surface area contributed by atoms with E-state index in [4.69, 9.17) is 5.73 Å². The summed E-state index contributed by atoms with van der Waals surface area (Å²) in [5.74, 6) is -2.35. The zero-order valence-electron chi connectivity index (χ0n) is 9.56. The second kappa shape index (κ2) is 5.11. The number of imide groups is 1. The molecule has 1 aromatic rings. The van der Waals surface area contributed by atoms with Gasteiger partial charge in [0.2, 0.25) is 5.91 Å². The minimum atomic E-state index is -0.939. The lowest BCUT2D eigenvalue weighted by Gasteiger charge is -2.18. The van der Waals surface area contributed by atoms with Gasteiger partial charge in [-0.1, -0.05) is 6.07 Å². The topological polar surface area (TPSA) is 92.5 Å². The summed E-state index contributed by atoms with van der Waals surface area (Å²) in [6.45, 7) is 1.20. The molecule has 0 bridgehead atoms. The smallest absolute Gasteiger partial charge is 0.323 e. The third-order valence-electron chi connectivity index (χ3n) is 2.07. The van der Waals surface area contributed by atoms with Crippen LogP contribution in [0.15, 0.2) is 24.3 Å². The van der Waals surface area contributed by atoms with Crippen LogP contribution in [0.2, 0.25) is 0 Å². The first kappa shape index (κ1) is 12.7. The van der Waals surface area contributed by atoms with Gasteiger partial charge in [0.05, 0.1) is 5.69 Å². The van der Waals surface area contributed by atoms with Gasteiger partial charge in [-0.05, 0) is 18.2 Å². The van der Waals surface area contributed by atoms with Gasteiger partial charge in [0.1, 0.15) is 0 Å². The molecule has 3 amide bonds. The van der Waals surface area contributed by atoms with E-state index in [2.05, 4.69) is 5.32 Å². The van der Waals surface area contributed by atoms with E-state index < -0.39 is 17.7 Å². The molecule has 0 atom stereocenters. The van der Waals surface area contributed by atoms with Gasteiger partial charge >= 0.3 is 11.8 Å². The first-order chi connectivity index (χ1) is 7.97. The minimum absolute atomic E-state index is 0.270. The van der Waals surface area contributed by atoms with Crippen LogP contribution >= 0.6 is 0 Å². The normalized spacial score (nSPS) is 9.53. The molecular weight excluding hydrogens is 222 g/mol. The maximum Gasteiger partial charge on any atom is 0.323 e. The van der Waals surface area contributed by atoms with Crippen LogP contribution in [0.4, 0.5) is 11.4 Å². The molecule has 0 spiro atoms. The van der Waals surface area contributed by atoms with Crippen molar-refractivity contribution in [2.45, 2.75) is 6.92 Å². The van der Waals surface area contributed by atoms with Gasteiger partial charge in [-0.25, -0.2) is 4.90 Å². The molecule has 0 aliphatic carbocycles. The lowest BCUT2D eigenvalue weighted by molar-refractivity contribution is -0.139. The van der Waals surface area contributed by atoms with Crippen molar-refractivity contribution in [1.29, 1.82) is 0 Å². The maximum atomic E-state index is 11.7. The predicted molar refractivity (Wildman–Crippen MR) is 63.1 cm³/mol. The van der Waals surface area contributed by atoms with Crippen LogP contribution in [-0.4, -0.2) is 24.8 Å². The third-order valence-corrected chi connectivity index (χ3v) is 2.07. The van der Waals surface area contributed by atoms with Crippen LogP contribution in [0.25, 0.3) is 0 Å². The Labute approximate surface area is 98.4 Å². The second-order valence-electron chi connectivity index (χ2n) is 3.33. The van der Waals surface area contributed by atoms with Crippen molar-refractivity contribution in [2.24, 2.45) is 0 Å². The first-order valence-corrected chi connectivity index (χ1v) is 4.89. The number of benzene rings is 1. The number of hydrogen-bond donors (Lipinski definition) is 2. The number of amides is 3. The van der Waals surface area contributed by atoms with Gasteiger partial charge in [0, 0.05) is 19.7 Å². The molecular formula is C11H13N3O3. The largest absolute Gasteiger partial charge is 0.399 e. The predicted octanol–water partition coefficient (Wildman–Crippen LogP) is -0.106.